The van der Waals surface area contributed by atoms with Gasteiger partial charge in [-0.1, -0.05) is 35.3 Å². The molecule has 0 radical (unpaired) electrons. The second kappa shape index (κ2) is 11.6. The summed E-state index contributed by atoms with van der Waals surface area (Å²) >= 11 is 11.8. The number of nitrogens with one attached hydrogen (secondary N) is 1. The molecule has 1 aliphatic rings. The fourth-order valence-electron chi connectivity index (χ4n) is 3.83. The molecule has 10 heteroatoms. The number of aromatic nitrogens is 2. The van der Waals surface area contributed by atoms with Crippen molar-refractivity contribution in [2.45, 2.75) is 25.8 Å². The lowest BCUT2D eigenvalue weighted by molar-refractivity contribution is 0.0728. The summed E-state index contributed by atoms with van der Waals surface area (Å²) in [6.07, 6.45) is 2.21. The first kappa shape index (κ1) is 25.9. The number of fused-ring (bicyclic) bond motifs is 1. The van der Waals surface area contributed by atoms with Gasteiger partial charge in [-0.05, 0) is 54.8 Å². The molecule has 3 aromatic rings. The first-order valence-electron chi connectivity index (χ1n) is 10.7. The quantitative estimate of drug-likeness (QED) is 0.468. The molecular formula is C24H25Cl3N4O3. The SMILES string of the molecule is COn1c(NCCCc2ccc(Cl)cc2)nc2c(c1=O)CN(C(=O)c1ccc(Cl)cc1)CC2.Cl. The number of rotatable bonds is 7. The summed E-state index contributed by atoms with van der Waals surface area (Å²) in [5, 5.41) is 4.49. The minimum atomic E-state index is -0.309. The molecule has 0 bridgehead atoms. The van der Waals surface area contributed by atoms with Crippen molar-refractivity contribution < 1.29 is 9.63 Å². The summed E-state index contributed by atoms with van der Waals surface area (Å²) in [5.41, 5.74) is 2.57. The van der Waals surface area contributed by atoms with E-state index in [4.69, 9.17) is 28.0 Å². The number of aryl methyl sites for hydroxylation is 1. The minimum absolute atomic E-state index is 0. The number of hydrogen-bond donors (Lipinski definition) is 1. The van der Waals surface area contributed by atoms with Crippen molar-refractivity contribution in [3.63, 3.8) is 0 Å². The van der Waals surface area contributed by atoms with Crippen LogP contribution >= 0.6 is 35.6 Å². The van der Waals surface area contributed by atoms with Crippen LogP contribution in [0.3, 0.4) is 0 Å². The lowest BCUT2D eigenvalue weighted by Gasteiger charge is -2.28. The van der Waals surface area contributed by atoms with Gasteiger partial charge < -0.3 is 15.1 Å². The van der Waals surface area contributed by atoms with Gasteiger partial charge in [0.15, 0.2) is 0 Å². The van der Waals surface area contributed by atoms with Gasteiger partial charge >= 0.3 is 0 Å². The highest BCUT2D eigenvalue weighted by atomic mass is 35.5. The van der Waals surface area contributed by atoms with Gasteiger partial charge in [-0.2, -0.15) is 0 Å². The van der Waals surface area contributed by atoms with Crippen LogP contribution in [-0.4, -0.2) is 40.7 Å². The molecule has 0 atom stereocenters. The van der Waals surface area contributed by atoms with Crippen molar-refractivity contribution in [2.75, 3.05) is 25.5 Å². The maximum atomic E-state index is 13.1. The molecule has 0 saturated heterocycles. The summed E-state index contributed by atoms with van der Waals surface area (Å²) in [5.74, 6) is 0.222. The van der Waals surface area contributed by atoms with E-state index in [-0.39, 0.29) is 30.4 Å². The Balaban J connectivity index is 0.00000324. The van der Waals surface area contributed by atoms with Crippen molar-refractivity contribution in [2.24, 2.45) is 0 Å². The zero-order valence-electron chi connectivity index (χ0n) is 18.6. The Morgan fingerprint density at radius 2 is 1.74 bits per heavy atom. The Morgan fingerprint density at radius 3 is 2.38 bits per heavy atom. The molecule has 2 aromatic carbocycles. The van der Waals surface area contributed by atoms with Crippen molar-refractivity contribution in [1.82, 2.24) is 14.6 Å². The molecule has 0 aliphatic carbocycles. The largest absolute Gasteiger partial charge is 0.411 e. The topological polar surface area (TPSA) is 76.5 Å². The fraction of sp³-hybridized carbons (Fsp3) is 0.292. The molecule has 34 heavy (non-hydrogen) atoms. The van der Waals surface area contributed by atoms with Crippen LogP contribution in [0.4, 0.5) is 5.95 Å². The highest BCUT2D eigenvalue weighted by molar-refractivity contribution is 6.30. The van der Waals surface area contributed by atoms with Crippen molar-refractivity contribution in [3.8, 4) is 0 Å². The fourth-order valence-corrected chi connectivity index (χ4v) is 4.08. The van der Waals surface area contributed by atoms with Gasteiger partial charge in [-0.25, -0.2) is 4.98 Å². The first-order valence-corrected chi connectivity index (χ1v) is 11.4. The van der Waals surface area contributed by atoms with Gasteiger partial charge in [0.05, 0.1) is 17.8 Å². The van der Waals surface area contributed by atoms with E-state index in [0.29, 0.717) is 52.3 Å². The molecule has 2 heterocycles. The maximum absolute atomic E-state index is 13.1. The van der Waals surface area contributed by atoms with Gasteiger partial charge in [-0.3, -0.25) is 9.59 Å². The number of hydrogen-bond acceptors (Lipinski definition) is 5. The van der Waals surface area contributed by atoms with E-state index in [1.54, 1.807) is 29.2 Å². The second-order valence-electron chi connectivity index (χ2n) is 7.78. The summed E-state index contributed by atoms with van der Waals surface area (Å²) < 4.78 is 1.15. The van der Waals surface area contributed by atoms with Gasteiger partial charge in [0.25, 0.3) is 11.5 Å². The number of carbonyl (C=O) groups is 1. The smallest absolute Gasteiger partial charge is 0.293 e. The monoisotopic (exact) mass is 522 g/mol. The highest BCUT2D eigenvalue weighted by Gasteiger charge is 2.27. The Bertz CT molecular complexity index is 1200. The molecule has 0 spiro atoms. The molecule has 4 rings (SSSR count). The third-order valence-electron chi connectivity index (χ3n) is 5.59. The van der Waals surface area contributed by atoms with E-state index in [1.165, 1.54) is 12.7 Å². The van der Waals surface area contributed by atoms with E-state index < -0.39 is 0 Å². The highest BCUT2D eigenvalue weighted by Crippen LogP contribution is 2.19. The van der Waals surface area contributed by atoms with Crippen LogP contribution in [0.5, 0.6) is 0 Å². The predicted octanol–water partition coefficient (Wildman–Crippen LogP) is 4.27. The zero-order valence-corrected chi connectivity index (χ0v) is 20.9. The van der Waals surface area contributed by atoms with Crippen molar-refractivity contribution in [1.29, 1.82) is 0 Å². The minimum Gasteiger partial charge on any atom is -0.411 e. The van der Waals surface area contributed by atoms with Crippen LogP contribution in [0.1, 0.15) is 33.6 Å². The maximum Gasteiger partial charge on any atom is 0.293 e. The van der Waals surface area contributed by atoms with Gasteiger partial charge in [0.1, 0.15) is 7.11 Å². The van der Waals surface area contributed by atoms with Crippen LogP contribution in [0.15, 0.2) is 53.3 Å². The van der Waals surface area contributed by atoms with Crippen molar-refractivity contribution >= 4 is 47.5 Å². The van der Waals surface area contributed by atoms with Crippen LogP contribution in [0, 0.1) is 0 Å². The van der Waals surface area contributed by atoms with E-state index in [1.807, 2.05) is 24.3 Å². The number of benzene rings is 2. The molecule has 7 nitrogen and oxygen atoms in total. The van der Waals surface area contributed by atoms with E-state index in [9.17, 15) is 9.59 Å². The third-order valence-corrected chi connectivity index (χ3v) is 6.10. The molecule has 1 aromatic heterocycles. The van der Waals surface area contributed by atoms with Gasteiger partial charge in [0.2, 0.25) is 5.95 Å². The van der Waals surface area contributed by atoms with Crippen LogP contribution < -0.4 is 15.7 Å². The van der Waals surface area contributed by atoms with Crippen LogP contribution in [0.2, 0.25) is 10.0 Å². The molecule has 1 amide bonds. The molecule has 0 unspecified atom stereocenters. The normalized spacial score (nSPS) is 12.5. The average Bonchev–Trinajstić information content (AvgIpc) is 2.83. The lowest BCUT2D eigenvalue weighted by atomic mass is 10.1. The third kappa shape index (κ3) is 5.84. The molecule has 0 saturated carbocycles. The Labute approximate surface area is 214 Å². The summed E-state index contributed by atoms with van der Waals surface area (Å²) in [4.78, 5) is 37.5. The van der Waals surface area contributed by atoms with Crippen LogP contribution in [0.25, 0.3) is 0 Å². The number of halogens is 3. The second-order valence-corrected chi connectivity index (χ2v) is 8.66. The Kier molecular flexibility index (Phi) is 8.83. The Morgan fingerprint density at radius 1 is 1.09 bits per heavy atom. The number of amides is 1. The van der Waals surface area contributed by atoms with E-state index in [0.717, 1.165) is 17.6 Å². The van der Waals surface area contributed by atoms with Crippen LogP contribution in [-0.2, 0) is 19.4 Å². The molecular weight excluding hydrogens is 499 g/mol. The van der Waals surface area contributed by atoms with E-state index in [2.05, 4.69) is 10.3 Å². The predicted molar refractivity (Wildman–Crippen MR) is 136 cm³/mol. The number of carbonyl (C=O) groups excluding carboxylic acids is 1. The zero-order chi connectivity index (χ0) is 23.4. The first-order chi connectivity index (χ1) is 16.0. The number of nitrogens with zero attached hydrogens (tertiary/aromatic N) is 3. The average molecular weight is 524 g/mol. The summed E-state index contributed by atoms with van der Waals surface area (Å²) in [7, 11) is 1.42. The standard InChI is InChI=1S/C24H24Cl2N4O3.ClH/c1-33-30-23(32)20-15-29(22(31)17-6-10-19(26)11-7-17)14-12-21(20)28-24(30)27-13-2-3-16-4-8-18(25)9-5-16;/h4-11H,2-3,12-15H2,1H3,(H,27,28);1H. The van der Waals surface area contributed by atoms with Gasteiger partial charge in [-0.15, -0.1) is 17.1 Å². The van der Waals surface area contributed by atoms with E-state index >= 15 is 0 Å². The molecule has 0 fully saturated rings. The lowest BCUT2D eigenvalue weighted by Crippen LogP contribution is -2.42. The molecule has 1 N–H and O–H groups in total. The summed E-state index contributed by atoms with van der Waals surface area (Å²) in [6, 6.07) is 14.5. The Hall–Kier alpha value is -2.74. The summed E-state index contributed by atoms with van der Waals surface area (Å²) in [6.45, 7) is 1.29. The molecule has 1 aliphatic heterocycles. The molecule has 180 valence electrons. The number of anilines is 1. The van der Waals surface area contributed by atoms with Gasteiger partial charge in [0, 0.05) is 35.1 Å². The van der Waals surface area contributed by atoms with Crippen molar-refractivity contribution in [3.05, 3.63) is 91.3 Å².